The molecule has 0 aliphatic carbocycles. The molecule has 1 heterocycles. The first kappa shape index (κ1) is 22.4. The van der Waals surface area contributed by atoms with E-state index in [-0.39, 0.29) is 30.7 Å². The van der Waals surface area contributed by atoms with Gasteiger partial charge < -0.3 is 10.6 Å². The van der Waals surface area contributed by atoms with Crippen LogP contribution in [0.5, 0.6) is 0 Å². The summed E-state index contributed by atoms with van der Waals surface area (Å²) in [7, 11) is 0. The lowest BCUT2D eigenvalue weighted by Crippen LogP contribution is -2.33. The molecule has 1 aromatic carbocycles. The van der Waals surface area contributed by atoms with E-state index < -0.39 is 0 Å². The lowest BCUT2D eigenvalue weighted by atomic mass is 10.1. The predicted octanol–water partition coefficient (Wildman–Crippen LogP) is 3.15. The van der Waals surface area contributed by atoms with Gasteiger partial charge in [-0.1, -0.05) is 36.4 Å². The van der Waals surface area contributed by atoms with Crippen molar-refractivity contribution in [2.24, 2.45) is 5.73 Å². The molecule has 0 spiro atoms. The van der Waals surface area contributed by atoms with Gasteiger partial charge in [-0.3, -0.25) is 9.78 Å². The molecule has 2 rings (SSSR count). The number of hydrogen-bond donors (Lipinski definition) is 1. The molecule has 6 heteroatoms. The highest BCUT2D eigenvalue weighted by molar-refractivity contribution is 5.85. The number of pyridine rings is 1. The molecule has 0 unspecified atom stereocenters. The fraction of sp³-hybridized carbons (Fsp3) is 0.333. The molecule has 0 saturated carbocycles. The highest BCUT2D eigenvalue weighted by Crippen LogP contribution is 2.09. The highest BCUT2D eigenvalue weighted by atomic mass is 35.5. The summed E-state index contributed by atoms with van der Waals surface area (Å²) in [5.74, 6) is 0.114. The van der Waals surface area contributed by atoms with Gasteiger partial charge in [0.05, 0.1) is 6.42 Å². The van der Waals surface area contributed by atoms with Crippen molar-refractivity contribution in [3.8, 4) is 0 Å². The Morgan fingerprint density at radius 3 is 2.38 bits per heavy atom. The minimum Gasteiger partial charge on any atom is -0.338 e. The normalized spacial score (nSPS) is 9.58. The number of benzene rings is 1. The van der Waals surface area contributed by atoms with Gasteiger partial charge in [0, 0.05) is 25.0 Å². The van der Waals surface area contributed by atoms with Crippen molar-refractivity contribution >= 4 is 30.7 Å². The Balaban J connectivity index is 0.00000264. The van der Waals surface area contributed by atoms with Gasteiger partial charge in [0.2, 0.25) is 5.91 Å². The Labute approximate surface area is 156 Å². The molecule has 24 heavy (non-hydrogen) atoms. The monoisotopic (exact) mass is 369 g/mol. The Kier molecular flexibility index (Phi) is 11.0. The van der Waals surface area contributed by atoms with Crippen molar-refractivity contribution in [3.05, 3.63) is 65.5 Å². The average molecular weight is 370 g/mol. The van der Waals surface area contributed by atoms with E-state index in [2.05, 4.69) is 4.98 Å². The summed E-state index contributed by atoms with van der Waals surface area (Å²) in [6, 6.07) is 13.9. The van der Waals surface area contributed by atoms with Crippen molar-refractivity contribution in [1.29, 1.82) is 0 Å². The van der Waals surface area contributed by atoms with E-state index >= 15 is 0 Å². The van der Waals surface area contributed by atoms with E-state index in [9.17, 15) is 4.79 Å². The van der Waals surface area contributed by atoms with Crippen LogP contribution in [-0.2, 0) is 17.8 Å². The fourth-order valence-electron chi connectivity index (χ4n) is 2.27. The SMILES string of the molecule is Cc1ccc(CC(=O)N(CCCN)Cc2ccccc2)cn1.Cl.Cl. The Bertz CT molecular complexity index is 591. The summed E-state index contributed by atoms with van der Waals surface area (Å²) in [5.41, 5.74) is 8.63. The molecule has 1 aromatic heterocycles. The molecule has 2 N–H and O–H groups in total. The van der Waals surface area contributed by atoms with Crippen LogP contribution in [0.1, 0.15) is 23.2 Å². The lowest BCUT2D eigenvalue weighted by Gasteiger charge is -2.23. The van der Waals surface area contributed by atoms with Crippen LogP contribution in [0.25, 0.3) is 0 Å². The topological polar surface area (TPSA) is 59.2 Å². The molecule has 0 aliphatic heterocycles. The predicted molar refractivity (Wildman–Crippen MR) is 103 cm³/mol. The van der Waals surface area contributed by atoms with E-state index in [4.69, 9.17) is 5.73 Å². The maximum Gasteiger partial charge on any atom is 0.227 e. The number of aromatic nitrogens is 1. The quantitative estimate of drug-likeness (QED) is 0.815. The first-order valence-electron chi connectivity index (χ1n) is 7.62. The zero-order valence-electron chi connectivity index (χ0n) is 13.9. The molecule has 4 nitrogen and oxygen atoms in total. The molecular weight excluding hydrogens is 345 g/mol. The third kappa shape index (κ3) is 7.30. The van der Waals surface area contributed by atoms with E-state index in [0.29, 0.717) is 26.1 Å². The molecule has 0 bridgehead atoms. The fourth-order valence-corrected chi connectivity index (χ4v) is 2.27. The summed E-state index contributed by atoms with van der Waals surface area (Å²) in [4.78, 5) is 18.7. The number of carbonyl (C=O) groups excluding carboxylic acids is 1. The van der Waals surface area contributed by atoms with Crippen LogP contribution in [0.4, 0.5) is 0 Å². The highest BCUT2D eigenvalue weighted by Gasteiger charge is 2.14. The zero-order valence-corrected chi connectivity index (χ0v) is 15.5. The van der Waals surface area contributed by atoms with Crippen LogP contribution >= 0.6 is 24.8 Å². The number of nitrogens with two attached hydrogens (primary N) is 1. The average Bonchev–Trinajstić information content (AvgIpc) is 2.54. The van der Waals surface area contributed by atoms with Crippen molar-refractivity contribution in [2.75, 3.05) is 13.1 Å². The molecule has 1 amide bonds. The summed E-state index contributed by atoms with van der Waals surface area (Å²) < 4.78 is 0. The van der Waals surface area contributed by atoms with Gasteiger partial charge in [-0.2, -0.15) is 0 Å². The summed E-state index contributed by atoms with van der Waals surface area (Å²) >= 11 is 0. The molecule has 0 atom stereocenters. The van der Waals surface area contributed by atoms with E-state index in [1.54, 1.807) is 6.20 Å². The Morgan fingerprint density at radius 1 is 1.08 bits per heavy atom. The van der Waals surface area contributed by atoms with Crippen LogP contribution in [0.15, 0.2) is 48.7 Å². The van der Waals surface area contributed by atoms with Gasteiger partial charge in [0.15, 0.2) is 0 Å². The van der Waals surface area contributed by atoms with Crippen molar-refractivity contribution in [1.82, 2.24) is 9.88 Å². The number of rotatable bonds is 7. The first-order valence-corrected chi connectivity index (χ1v) is 7.62. The molecule has 0 saturated heterocycles. The molecule has 2 aromatic rings. The molecule has 0 fully saturated rings. The minimum atomic E-state index is 0. The van der Waals surface area contributed by atoms with Gasteiger partial charge in [-0.15, -0.1) is 24.8 Å². The lowest BCUT2D eigenvalue weighted by molar-refractivity contribution is -0.131. The smallest absolute Gasteiger partial charge is 0.227 e. The summed E-state index contributed by atoms with van der Waals surface area (Å²) in [5, 5.41) is 0. The molecule has 0 aliphatic rings. The minimum absolute atomic E-state index is 0. The van der Waals surface area contributed by atoms with Crippen molar-refractivity contribution in [2.45, 2.75) is 26.3 Å². The number of hydrogen-bond acceptors (Lipinski definition) is 3. The molecule has 0 radical (unpaired) electrons. The number of carbonyl (C=O) groups is 1. The third-order valence-corrected chi connectivity index (χ3v) is 3.53. The second kappa shape index (κ2) is 11.8. The van der Waals surface area contributed by atoms with Crippen LogP contribution < -0.4 is 5.73 Å². The standard InChI is InChI=1S/C18H23N3O.2ClH/c1-15-8-9-17(13-20-15)12-18(22)21(11-5-10-19)14-16-6-3-2-4-7-16;;/h2-4,6-9,13H,5,10-12,14,19H2,1H3;2*1H. The summed E-state index contributed by atoms with van der Waals surface area (Å²) in [6.45, 7) is 3.84. The molecular formula is C18H25Cl2N3O. The van der Waals surface area contributed by atoms with Gasteiger partial charge in [-0.25, -0.2) is 0 Å². The maximum absolute atomic E-state index is 12.6. The van der Waals surface area contributed by atoms with Crippen molar-refractivity contribution in [3.63, 3.8) is 0 Å². The van der Waals surface area contributed by atoms with Crippen LogP contribution in [0.2, 0.25) is 0 Å². The van der Waals surface area contributed by atoms with Gasteiger partial charge >= 0.3 is 0 Å². The van der Waals surface area contributed by atoms with E-state index in [1.165, 1.54) is 0 Å². The maximum atomic E-state index is 12.6. The van der Waals surface area contributed by atoms with Gasteiger partial charge in [0.1, 0.15) is 0 Å². The number of halogens is 2. The Hall–Kier alpha value is -1.62. The van der Waals surface area contributed by atoms with Crippen LogP contribution in [-0.4, -0.2) is 28.9 Å². The number of amides is 1. The number of nitrogens with zero attached hydrogens (tertiary/aromatic N) is 2. The second-order valence-corrected chi connectivity index (χ2v) is 5.43. The largest absolute Gasteiger partial charge is 0.338 e. The first-order chi connectivity index (χ1) is 10.7. The van der Waals surface area contributed by atoms with E-state index in [0.717, 1.165) is 23.2 Å². The number of aryl methyl sites for hydroxylation is 1. The van der Waals surface area contributed by atoms with E-state index in [1.807, 2.05) is 54.3 Å². The van der Waals surface area contributed by atoms with Crippen LogP contribution in [0, 0.1) is 6.92 Å². The second-order valence-electron chi connectivity index (χ2n) is 5.43. The zero-order chi connectivity index (χ0) is 15.8. The van der Waals surface area contributed by atoms with Gasteiger partial charge in [-0.05, 0) is 37.1 Å². The summed E-state index contributed by atoms with van der Waals surface area (Å²) in [6.07, 6.45) is 2.96. The molecule has 132 valence electrons. The van der Waals surface area contributed by atoms with Gasteiger partial charge in [0.25, 0.3) is 0 Å². The third-order valence-electron chi connectivity index (χ3n) is 3.53. The van der Waals surface area contributed by atoms with Crippen molar-refractivity contribution < 1.29 is 4.79 Å². The Morgan fingerprint density at radius 2 is 1.79 bits per heavy atom. The van der Waals surface area contributed by atoms with Crippen LogP contribution in [0.3, 0.4) is 0 Å².